The van der Waals surface area contributed by atoms with E-state index in [2.05, 4.69) is 55.4 Å². The summed E-state index contributed by atoms with van der Waals surface area (Å²) in [4.78, 5) is 2.47. The van der Waals surface area contributed by atoms with Gasteiger partial charge in [-0.15, -0.1) is 0 Å². The predicted molar refractivity (Wildman–Crippen MR) is 84.2 cm³/mol. The fourth-order valence-corrected chi connectivity index (χ4v) is 3.10. The summed E-state index contributed by atoms with van der Waals surface area (Å²) in [7, 11) is 2.23. The summed E-state index contributed by atoms with van der Waals surface area (Å²) >= 11 is 0. The van der Waals surface area contributed by atoms with Gasteiger partial charge in [-0.3, -0.25) is 4.90 Å². The lowest BCUT2D eigenvalue weighted by Crippen LogP contribution is -2.28. The maximum Gasteiger partial charge on any atom is 0.119 e. The highest BCUT2D eigenvalue weighted by Gasteiger charge is 2.32. The summed E-state index contributed by atoms with van der Waals surface area (Å²) < 4.78 is 5.77. The van der Waals surface area contributed by atoms with E-state index in [0.717, 1.165) is 31.9 Å². The van der Waals surface area contributed by atoms with Gasteiger partial charge in [0, 0.05) is 6.04 Å². The van der Waals surface area contributed by atoms with Gasteiger partial charge in [-0.25, -0.2) is 0 Å². The topological polar surface area (TPSA) is 24.5 Å². The molecule has 0 radical (unpaired) electrons. The standard InChI is InChI=1S/C17H28N2O/c1-4-11-20-16-8-6-7-14(12-16)17-15(13-18-5-2)9-10-19(17)3/h6-8,12,15,17-18H,4-5,9-11,13H2,1-3H3. The summed E-state index contributed by atoms with van der Waals surface area (Å²) in [6.07, 6.45) is 2.32. The second-order valence-corrected chi connectivity index (χ2v) is 5.70. The molecule has 1 heterocycles. The Balaban J connectivity index is 2.10. The molecule has 0 amide bonds. The molecule has 112 valence electrons. The molecular formula is C17H28N2O. The van der Waals surface area contributed by atoms with Gasteiger partial charge >= 0.3 is 0 Å². The first-order valence-corrected chi connectivity index (χ1v) is 7.90. The van der Waals surface area contributed by atoms with Gasteiger partial charge in [0.2, 0.25) is 0 Å². The van der Waals surface area contributed by atoms with Gasteiger partial charge in [-0.1, -0.05) is 26.0 Å². The van der Waals surface area contributed by atoms with Crippen molar-refractivity contribution in [3.8, 4) is 5.75 Å². The normalized spacial score (nSPS) is 23.1. The average molecular weight is 276 g/mol. The average Bonchev–Trinajstić information content (AvgIpc) is 2.84. The predicted octanol–water partition coefficient (Wildman–Crippen LogP) is 3.08. The summed E-state index contributed by atoms with van der Waals surface area (Å²) in [5, 5.41) is 3.50. The molecule has 0 saturated carbocycles. The molecule has 2 rings (SSSR count). The van der Waals surface area contributed by atoms with Crippen LogP contribution in [0, 0.1) is 5.92 Å². The molecule has 0 spiro atoms. The molecule has 1 aromatic rings. The Labute approximate surface area is 123 Å². The van der Waals surface area contributed by atoms with Crippen LogP contribution in [0.4, 0.5) is 0 Å². The number of nitrogens with zero attached hydrogens (tertiary/aromatic N) is 1. The van der Waals surface area contributed by atoms with E-state index in [1.54, 1.807) is 0 Å². The zero-order valence-electron chi connectivity index (χ0n) is 13.1. The van der Waals surface area contributed by atoms with Crippen LogP contribution in [0.25, 0.3) is 0 Å². The zero-order chi connectivity index (χ0) is 14.4. The van der Waals surface area contributed by atoms with E-state index >= 15 is 0 Å². The number of ether oxygens (including phenoxy) is 1. The van der Waals surface area contributed by atoms with Crippen LogP contribution in [0.5, 0.6) is 5.75 Å². The van der Waals surface area contributed by atoms with Gasteiger partial charge in [-0.05, 0) is 63.1 Å². The number of hydrogen-bond donors (Lipinski definition) is 1. The van der Waals surface area contributed by atoms with Gasteiger partial charge in [0.05, 0.1) is 6.61 Å². The Morgan fingerprint density at radius 3 is 2.95 bits per heavy atom. The summed E-state index contributed by atoms with van der Waals surface area (Å²) in [6.45, 7) is 8.44. The minimum absolute atomic E-state index is 0.513. The molecule has 2 atom stereocenters. The lowest BCUT2D eigenvalue weighted by atomic mass is 9.93. The van der Waals surface area contributed by atoms with Crippen LogP contribution in [0.1, 0.15) is 38.3 Å². The zero-order valence-corrected chi connectivity index (χ0v) is 13.1. The summed E-state index contributed by atoms with van der Waals surface area (Å²) in [5.74, 6) is 1.70. The highest BCUT2D eigenvalue weighted by Crippen LogP contribution is 2.36. The molecule has 0 aromatic heterocycles. The van der Waals surface area contributed by atoms with Crippen LogP contribution in [0.2, 0.25) is 0 Å². The fourth-order valence-electron chi connectivity index (χ4n) is 3.10. The minimum Gasteiger partial charge on any atom is -0.494 e. The van der Waals surface area contributed by atoms with Crippen molar-refractivity contribution >= 4 is 0 Å². The van der Waals surface area contributed by atoms with Gasteiger partial charge < -0.3 is 10.1 Å². The molecule has 1 fully saturated rings. The van der Waals surface area contributed by atoms with Gasteiger partial charge in [-0.2, -0.15) is 0 Å². The van der Waals surface area contributed by atoms with Crippen LogP contribution in [0.15, 0.2) is 24.3 Å². The molecule has 1 N–H and O–H groups in total. The highest BCUT2D eigenvalue weighted by molar-refractivity contribution is 5.31. The minimum atomic E-state index is 0.513. The monoisotopic (exact) mass is 276 g/mol. The van der Waals surface area contributed by atoms with E-state index in [1.165, 1.54) is 18.5 Å². The quantitative estimate of drug-likeness (QED) is 0.828. The number of hydrogen-bond acceptors (Lipinski definition) is 3. The number of likely N-dealkylation sites (tertiary alicyclic amines) is 1. The van der Waals surface area contributed by atoms with E-state index in [4.69, 9.17) is 4.74 Å². The van der Waals surface area contributed by atoms with Gasteiger partial charge in [0.25, 0.3) is 0 Å². The summed E-state index contributed by atoms with van der Waals surface area (Å²) in [6, 6.07) is 9.16. The molecule has 20 heavy (non-hydrogen) atoms. The molecule has 0 bridgehead atoms. The molecule has 2 unspecified atom stereocenters. The van der Waals surface area contributed by atoms with E-state index in [9.17, 15) is 0 Å². The first kappa shape index (κ1) is 15.3. The smallest absolute Gasteiger partial charge is 0.119 e. The molecule has 1 aliphatic heterocycles. The molecule has 1 aromatic carbocycles. The Morgan fingerprint density at radius 2 is 2.20 bits per heavy atom. The van der Waals surface area contributed by atoms with Crippen molar-refractivity contribution in [2.45, 2.75) is 32.7 Å². The molecule has 1 aliphatic rings. The van der Waals surface area contributed by atoms with E-state index in [0.29, 0.717) is 12.0 Å². The second-order valence-electron chi connectivity index (χ2n) is 5.70. The van der Waals surface area contributed by atoms with Crippen LogP contribution in [-0.4, -0.2) is 38.2 Å². The van der Waals surface area contributed by atoms with Gasteiger partial charge in [0.15, 0.2) is 0 Å². The third-order valence-electron chi connectivity index (χ3n) is 4.10. The van der Waals surface area contributed by atoms with Crippen molar-refractivity contribution in [1.82, 2.24) is 10.2 Å². The molecule has 1 saturated heterocycles. The third-order valence-corrected chi connectivity index (χ3v) is 4.10. The van der Waals surface area contributed by atoms with Crippen LogP contribution in [-0.2, 0) is 0 Å². The second kappa shape index (κ2) is 7.65. The van der Waals surface area contributed by atoms with Crippen molar-refractivity contribution in [3.63, 3.8) is 0 Å². The van der Waals surface area contributed by atoms with Crippen LogP contribution in [0.3, 0.4) is 0 Å². The third kappa shape index (κ3) is 3.74. The maximum atomic E-state index is 5.77. The van der Waals surface area contributed by atoms with Crippen LogP contribution >= 0.6 is 0 Å². The SMILES string of the molecule is CCCOc1cccc(C2C(CNCC)CCN2C)c1. The van der Waals surface area contributed by atoms with Gasteiger partial charge in [0.1, 0.15) is 5.75 Å². The number of nitrogens with one attached hydrogen (secondary N) is 1. The highest BCUT2D eigenvalue weighted by atomic mass is 16.5. The van der Waals surface area contributed by atoms with E-state index in [-0.39, 0.29) is 0 Å². The van der Waals surface area contributed by atoms with Crippen molar-refractivity contribution in [1.29, 1.82) is 0 Å². The lowest BCUT2D eigenvalue weighted by Gasteiger charge is -2.26. The molecule has 0 aliphatic carbocycles. The van der Waals surface area contributed by atoms with Crippen molar-refractivity contribution in [2.75, 3.05) is 33.3 Å². The number of benzene rings is 1. The van der Waals surface area contributed by atoms with Crippen molar-refractivity contribution in [2.24, 2.45) is 5.92 Å². The first-order chi connectivity index (χ1) is 9.76. The van der Waals surface area contributed by atoms with E-state index in [1.807, 2.05) is 0 Å². The van der Waals surface area contributed by atoms with E-state index < -0.39 is 0 Å². The molecule has 3 nitrogen and oxygen atoms in total. The Hall–Kier alpha value is -1.06. The Morgan fingerprint density at radius 1 is 1.35 bits per heavy atom. The lowest BCUT2D eigenvalue weighted by molar-refractivity contribution is 0.270. The first-order valence-electron chi connectivity index (χ1n) is 7.90. The Bertz CT molecular complexity index is 408. The Kier molecular flexibility index (Phi) is 5.86. The largest absolute Gasteiger partial charge is 0.494 e. The number of rotatable bonds is 7. The maximum absolute atomic E-state index is 5.77. The van der Waals surface area contributed by atoms with Crippen molar-refractivity contribution in [3.05, 3.63) is 29.8 Å². The fraction of sp³-hybridized carbons (Fsp3) is 0.647. The molecule has 3 heteroatoms. The molecular weight excluding hydrogens is 248 g/mol. The van der Waals surface area contributed by atoms with Crippen molar-refractivity contribution < 1.29 is 4.74 Å². The van der Waals surface area contributed by atoms with Crippen LogP contribution < -0.4 is 10.1 Å². The summed E-state index contributed by atoms with van der Waals surface area (Å²) in [5.41, 5.74) is 1.39.